The maximum absolute atomic E-state index is 8.52. The molecule has 0 unspecified atom stereocenters. The van der Waals surface area contributed by atoms with Crippen LogP contribution in [-0.4, -0.2) is 32.2 Å². The Hall–Kier alpha value is -1.91. The summed E-state index contributed by atoms with van der Waals surface area (Å²) in [7, 11) is 3.08. The van der Waals surface area contributed by atoms with Crippen LogP contribution in [0.1, 0.15) is 12.5 Å². The predicted octanol–water partition coefficient (Wildman–Crippen LogP) is 1.91. The second-order valence-electron chi connectivity index (χ2n) is 2.92. The molecule has 0 aliphatic rings. The number of hydrogen-bond donors (Lipinski definition) is 1. The minimum absolute atomic E-state index is 0.535. The fraction of sp³-hybridized carbons (Fsp3) is 0.364. The molecule has 5 heteroatoms. The van der Waals surface area contributed by atoms with Gasteiger partial charge in [0.2, 0.25) is 0 Å². The van der Waals surface area contributed by atoms with Crippen molar-refractivity contribution in [2.24, 2.45) is 5.16 Å². The number of rotatable bonds is 5. The average molecular weight is 225 g/mol. The molecule has 0 saturated carbocycles. The molecule has 0 fully saturated rings. The van der Waals surface area contributed by atoms with Crippen LogP contribution in [0.15, 0.2) is 17.3 Å². The van der Waals surface area contributed by atoms with Crippen molar-refractivity contribution in [1.82, 2.24) is 0 Å². The van der Waals surface area contributed by atoms with Gasteiger partial charge in [0.1, 0.15) is 5.75 Å². The zero-order valence-electron chi connectivity index (χ0n) is 9.56. The van der Waals surface area contributed by atoms with Crippen LogP contribution < -0.4 is 14.2 Å². The van der Waals surface area contributed by atoms with Gasteiger partial charge in [-0.15, -0.1) is 0 Å². The standard InChI is InChI=1S/C11H15NO4/c1-4-16-11-6-9(14-2)8(7-12-13)5-10(11)15-3/h5-7,13H,4H2,1-3H3/b12-7+. The van der Waals surface area contributed by atoms with Gasteiger partial charge >= 0.3 is 0 Å². The zero-order valence-corrected chi connectivity index (χ0v) is 9.56. The first kappa shape index (κ1) is 12.2. The molecule has 0 radical (unpaired) electrons. The summed E-state index contributed by atoms with van der Waals surface area (Å²) >= 11 is 0. The lowest BCUT2D eigenvalue weighted by Gasteiger charge is -2.12. The Balaban J connectivity index is 3.22. The van der Waals surface area contributed by atoms with Crippen molar-refractivity contribution >= 4 is 6.21 Å². The van der Waals surface area contributed by atoms with Crippen LogP contribution in [0, 0.1) is 0 Å². The van der Waals surface area contributed by atoms with Crippen LogP contribution in [0.2, 0.25) is 0 Å². The average Bonchev–Trinajstić information content (AvgIpc) is 2.31. The highest BCUT2D eigenvalue weighted by atomic mass is 16.5. The molecule has 0 spiro atoms. The number of ether oxygens (including phenoxy) is 3. The molecule has 0 amide bonds. The molecule has 16 heavy (non-hydrogen) atoms. The molecular formula is C11H15NO4. The van der Waals surface area contributed by atoms with E-state index in [0.29, 0.717) is 29.4 Å². The topological polar surface area (TPSA) is 60.3 Å². The van der Waals surface area contributed by atoms with Gasteiger partial charge in [-0.05, 0) is 13.0 Å². The first-order valence-electron chi connectivity index (χ1n) is 4.83. The smallest absolute Gasteiger partial charge is 0.164 e. The summed E-state index contributed by atoms with van der Waals surface area (Å²) in [5.74, 6) is 1.72. The summed E-state index contributed by atoms with van der Waals surface area (Å²) in [5, 5.41) is 11.5. The van der Waals surface area contributed by atoms with Gasteiger partial charge in [0.05, 0.1) is 27.0 Å². The maximum Gasteiger partial charge on any atom is 0.164 e. The molecule has 0 saturated heterocycles. The fourth-order valence-corrected chi connectivity index (χ4v) is 1.32. The molecule has 0 aromatic heterocycles. The van der Waals surface area contributed by atoms with Gasteiger partial charge in [-0.1, -0.05) is 5.16 Å². The van der Waals surface area contributed by atoms with E-state index < -0.39 is 0 Å². The highest BCUT2D eigenvalue weighted by molar-refractivity contribution is 5.84. The van der Waals surface area contributed by atoms with Crippen LogP contribution >= 0.6 is 0 Å². The lowest BCUT2D eigenvalue weighted by Crippen LogP contribution is -1.99. The Morgan fingerprint density at radius 1 is 1.19 bits per heavy atom. The number of hydrogen-bond acceptors (Lipinski definition) is 5. The van der Waals surface area contributed by atoms with E-state index in [4.69, 9.17) is 19.4 Å². The van der Waals surface area contributed by atoms with Gasteiger partial charge in [0.15, 0.2) is 11.5 Å². The van der Waals surface area contributed by atoms with Crippen molar-refractivity contribution in [1.29, 1.82) is 0 Å². The van der Waals surface area contributed by atoms with Gasteiger partial charge in [0.25, 0.3) is 0 Å². The third-order valence-corrected chi connectivity index (χ3v) is 2.01. The van der Waals surface area contributed by atoms with Crippen molar-refractivity contribution in [3.8, 4) is 17.2 Å². The molecule has 0 heterocycles. The first-order valence-corrected chi connectivity index (χ1v) is 4.83. The molecule has 88 valence electrons. The number of benzene rings is 1. The van der Waals surface area contributed by atoms with Crippen LogP contribution in [0.25, 0.3) is 0 Å². The molecule has 1 rings (SSSR count). The second kappa shape index (κ2) is 5.85. The van der Waals surface area contributed by atoms with E-state index in [1.165, 1.54) is 13.3 Å². The van der Waals surface area contributed by atoms with Crippen molar-refractivity contribution in [2.45, 2.75) is 6.92 Å². The summed E-state index contributed by atoms with van der Waals surface area (Å²) in [6, 6.07) is 3.38. The van der Waals surface area contributed by atoms with Crippen LogP contribution in [-0.2, 0) is 0 Å². The zero-order chi connectivity index (χ0) is 12.0. The highest BCUT2D eigenvalue weighted by Gasteiger charge is 2.10. The van der Waals surface area contributed by atoms with E-state index in [9.17, 15) is 0 Å². The molecule has 0 atom stereocenters. The van der Waals surface area contributed by atoms with Crippen molar-refractivity contribution in [2.75, 3.05) is 20.8 Å². The van der Waals surface area contributed by atoms with Gasteiger partial charge in [-0.3, -0.25) is 0 Å². The third-order valence-electron chi connectivity index (χ3n) is 2.01. The summed E-state index contributed by atoms with van der Waals surface area (Å²) in [5.41, 5.74) is 0.616. The Labute approximate surface area is 94.2 Å². The van der Waals surface area contributed by atoms with Crippen LogP contribution in [0.5, 0.6) is 17.2 Å². The summed E-state index contributed by atoms with van der Waals surface area (Å²) in [6.45, 7) is 2.42. The second-order valence-corrected chi connectivity index (χ2v) is 2.92. The van der Waals surface area contributed by atoms with Crippen LogP contribution in [0.4, 0.5) is 0 Å². The SMILES string of the molecule is CCOc1cc(OC)c(/C=N/O)cc1OC. The summed E-state index contributed by atoms with van der Waals surface area (Å²) in [6.07, 6.45) is 1.27. The molecule has 5 nitrogen and oxygen atoms in total. The van der Waals surface area contributed by atoms with Crippen molar-refractivity contribution < 1.29 is 19.4 Å². The Bertz CT molecular complexity index is 376. The van der Waals surface area contributed by atoms with Gasteiger partial charge in [-0.25, -0.2) is 0 Å². The van der Waals surface area contributed by atoms with E-state index in [1.807, 2.05) is 6.92 Å². The Morgan fingerprint density at radius 3 is 2.38 bits per heavy atom. The van der Waals surface area contributed by atoms with Gasteiger partial charge in [0, 0.05) is 11.6 Å². The molecule has 0 aliphatic carbocycles. The lowest BCUT2D eigenvalue weighted by atomic mass is 10.2. The van der Waals surface area contributed by atoms with Crippen LogP contribution in [0.3, 0.4) is 0 Å². The van der Waals surface area contributed by atoms with Gasteiger partial charge < -0.3 is 19.4 Å². The largest absolute Gasteiger partial charge is 0.496 e. The molecule has 0 aliphatic heterocycles. The number of methoxy groups -OCH3 is 2. The monoisotopic (exact) mass is 225 g/mol. The Morgan fingerprint density at radius 2 is 1.88 bits per heavy atom. The Kier molecular flexibility index (Phi) is 4.44. The van der Waals surface area contributed by atoms with E-state index in [1.54, 1.807) is 19.2 Å². The normalized spacial score (nSPS) is 10.4. The molecule has 1 N–H and O–H groups in total. The molecule has 1 aromatic carbocycles. The predicted molar refractivity (Wildman–Crippen MR) is 60.1 cm³/mol. The van der Waals surface area contributed by atoms with Crippen molar-refractivity contribution in [3.05, 3.63) is 17.7 Å². The van der Waals surface area contributed by atoms with E-state index >= 15 is 0 Å². The molecule has 0 bridgehead atoms. The summed E-state index contributed by atoms with van der Waals surface area (Å²) in [4.78, 5) is 0. The van der Waals surface area contributed by atoms with Gasteiger partial charge in [-0.2, -0.15) is 0 Å². The quantitative estimate of drug-likeness (QED) is 0.472. The van der Waals surface area contributed by atoms with E-state index in [0.717, 1.165) is 0 Å². The number of nitrogens with zero attached hydrogens (tertiary/aromatic N) is 1. The molecular weight excluding hydrogens is 210 g/mol. The third kappa shape index (κ3) is 2.56. The maximum atomic E-state index is 8.52. The number of oxime groups is 1. The lowest BCUT2D eigenvalue weighted by molar-refractivity contribution is 0.307. The fourth-order valence-electron chi connectivity index (χ4n) is 1.32. The highest BCUT2D eigenvalue weighted by Crippen LogP contribution is 2.34. The van der Waals surface area contributed by atoms with E-state index in [2.05, 4.69) is 5.16 Å². The molecule has 1 aromatic rings. The summed E-state index contributed by atoms with van der Waals surface area (Å²) < 4.78 is 15.7. The first-order chi connectivity index (χ1) is 7.76. The minimum Gasteiger partial charge on any atom is -0.496 e. The van der Waals surface area contributed by atoms with Crippen molar-refractivity contribution in [3.63, 3.8) is 0 Å². The minimum atomic E-state index is 0.535. The van der Waals surface area contributed by atoms with E-state index in [-0.39, 0.29) is 0 Å².